The lowest BCUT2D eigenvalue weighted by molar-refractivity contribution is -0.0281. The predicted octanol–water partition coefficient (Wildman–Crippen LogP) is 4.62. The van der Waals surface area contributed by atoms with Gasteiger partial charge in [-0.2, -0.15) is 5.10 Å². The largest absolute Gasteiger partial charge is 0.481 e. The number of aromatic nitrogens is 3. The molecule has 2 atom stereocenters. The summed E-state index contributed by atoms with van der Waals surface area (Å²) >= 11 is 13.8. The zero-order valence-electron chi connectivity index (χ0n) is 23.9. The van der Waals surface area contributed by atoms with Crippen LogP contribution in [0.15, 0.2) is 59.5 Å². The molecule has 1 amide bonds. The highest BCUT2D eigenvalue weighted by molar-refractivity contribution is 6.39. The number of anilines is 1. The third-order valence-corrected chi connectivity index (χ3v) is 8.25. The molecule has 1 aliphatic rings. The molecule has 0 spiro atoms. The van der Waals surface area contributed by atoms with Crippen LogP contribution in [0, 0.1) is 6.92 Å². The van der Waals surface area contributed by atoms with Gasteiger partial charge in [0, 0.05) is 54.7 Å². The van der Waals surface area contributed by atoms with Gasteiger partial charge in [-0.1, -0.05) is 53.5 Å². The number of carbonyl (C=O) groups is 1. The Morgan fingerprint density at radius 2 is 1.86 bits per heavy atom. The van der Waals surface area contributed by atoms with Gasteiger partial charge in [-0.3, -0.25) is 9.59 Å². The molecule has 1 unspecified atom stereocenters. The molecule has 10 nitrogen and oxygen atoms in total. The van der Waals surface area contributed by atoms with E-state index >= 15 is 0 Å². The van der Waals surface area contributed by atoms with Crippen molar-refractivity contribution < 1.29 is 19.4 Å². The van der Waals surface area contributed by atoms with Gasteiger partial charge in [-0.25, -0.2) is 9.67 Å². The van der Waals surface area contributed by atoms with Gasteiger partial charge in [0.25, 0.3) is 11.5 Å². The average Bonchev–Trinajstić information content (AvgIpc) is 2.99. The molecule has 0 aliphatic carbocycles. The number of pyridine rings is 1. The van der Waals surface area contributed by atoms with E-state index in [4.69, 9.17) is 37.7 Å². The molecule has 0 radical (unpaired) electrons. The van der Waals surface area contributed by atoms with Crippen LogP contribution in [0.5, 0.6) is 5.88 Å². The number of aliphatic hydroxyl groups is 1. The number of nitrogens with one attached hydrogen (secondary N) is 2. The van der Waals surface area contributed by atoms with Gasteiger partial charge >= 0.3 is 0 Å². The van der Waals surface area contributed by atoms with Crippen molar-refractivity contribution in [2.75, 3.05) is 25.6 Å². The third-order valence-electron chi connectivity index (χ3n) is 7.43. The van der Waals surface area contributed by atoms with Crippen LogP contribution in [-0.2, 0) is 18.3 Å². The highest BCUT2D eigenvalue weighted by Gasteiger charge is 2.24. The van der Waals surface area contributed by atoms with Crippen molar-refractivity contribution in [3.8, 4) is 28.3 Å². The number of aryl methyl sites for hydroxylation is 2. The van der Waals surface area contributed by atoms with E-state index in [9.17, 15) is 14.7 Å². The quantitative estimate of drug-likeness (QED) is 0.259. The Morgan fingerprint density at radius 3 is 2.60 bits per heavy atom. The lowest BCUT2D eigenvalue weighted by atomic mass is 9.99. The Kier molecular flexibility index (Phi) is 9.43. The Morgan fingerprint density at radius 1 is 1.14 bits per heavy atom. The molecule has 12 heteroatoms. The number of methoxy groups -OCH3 is 1. The molecule has 0 saturated carbocycles. The molecule has 0 bridgehead atoms. The lowest BCUT2D eigenvalue weighted by Gasteiger charge is -2.29. The van der Waals surface area contributed by atoms with E-state index in [1.165, 1.54) is 19.3 Å². The molecule has 3 N–H and O–H groups in total. The van der Waals surface area contributed by atoms with E-state index in [1.807, 2.05) is 31.2 Å². The van der Waals surface area contributed by atoms with Gasteiger partial charge in [-0.05, 0) is 37.1 Å². The number of hydrogen-bond donors (Lipinski definition) is 3. The number of benzene rings is 2. The summed E-state index contributed by atoms with van der Waals surface area (Å²) in [7, 11) is 3.04. The standard InChI is InChI=1S/C31H31Cl2N5O5/c1-17-14-25(37-30(42-3)22(17)15-34-23-11-13-43-16-26(23)39)20-8-4-6-18(27(20)32)19-7-5-9-24(28(19)33)36-29(40)21-10-12-35-38(2)31(21)41/h4-10,12,14,23,26,34,39H,11,13,15-16H2,1-3H3,(H,36,40)/t23?,26-/m0/s1. The molecule has 4 aromatic rings. The Hall–Kier alpha value is -3.80. The molecule has 5 rings (SSSR count). The van der Waals surface area contributed by atoms with E-state index in [-0.39, 0.29) is 16.6 Å². The van der Waals surface area contributed by atoms with E-state index in [2.05, 4.69) is 15.7 Å². The van der Waals surface area contributed by atoms with E-state index in [1.54, 1.807) is 25.3 Å². The monoisotopic (exact) mass is 623 g/mol. The summed E-state index contributed by atoms with van der Waals surface area (Å²) in [5.41, 5.74) is 4.09. The topological polar surface area (TPSA) is 128 Å². The number of hydrogen-bond acceptors (Lipinski definition) is 8. The van der Waals surface area contributed by atoms with Crippen molar-refractivity contribution in [3.63, 3.8) is 0 Å². The number of amides is 1. The minimum atomic E-state index is -0.602. The fraction of sp³-hybridized carbons (Fsp3) is 0.290. The minimum absolute atomic E-state index is 0.0584. The summed E-state index contributed by atoms with van der Waals surface area (Å²) in [4.78, 5) is 30.0. The molecule has 43 heavy (non-hydrogen) atoms. The second kappa shape index (κ2) is 13.2. The van der Waals surface area contributed by atoms with Gasteiger partial charge < -0.3 is 25.2 Å². The fourth-order valence-electron chi connectivity index (χ4n) is 5.03. The first kappa shape index (κ1) is 30.7. The van der Waals surface area contributed by atoms with Crippen LogP contribution in [0.2, 0.25) is 10.0 Å². The van der Waals surface area contributed by atoms with Crippen LogP contribution < -0.4 is 20.9 Å². The maximum atomic E-state index is 12.9. The van der Waals surface area contributed by atoms with Crippen molar-refractivity contribution >= 4 is 34.8 Å². The fourth-order valence-corrected chi connectivity index (χ4v) is 5.63. The molecule has 2 aromatic heterocycles. The van der Waals surface area contributed by atoms with Gasteiger partial charge in [0.15, 0.2) is 0 Å². The van der Waals surface area contributed by atoms with Crippen LogP contribution >= 0.6 is 23.2 Å². The maximum absolute atomic E-state index is 12.9. The number of aliphatic hydroxyl groups excluding tert-OH is 1. The van der Waals surface area contributed by atoms with Crippen LogP contribution in [0.1, 0.15) is 27.9 Å². The van der Waals surface area contributed by atoms with Crippen LogP contribution in [0.3, 0.4) is 0 Å². The molecular weight excluding hydrogens is 593 g/mol. The zero-order valence-corrected chi connectivity index (χ0v) is 25.4. The summed E-state index contributed by atoms with van der Waals surface area (Å²) in [6.07, 6.45) is 1.52. The summed E-state index contributed by atoms with van der Waals surface area (Å²) in [6, 6.07) is 14.0. The summed E-state index contributed by atoms with van der Waals surface area (Å²) in [5, 5.41) is 20.9. The number of rotatable bonds is 8. The Bertz CT molecular complexity index is 1730. The van der Waals surface area contributed by atoms with Gasteiger partial charge in [0.05, 0.1) is 41.2 Å². The van der Waals surface area contributed by atoms with Crippen LogP contribution in [0.25, 0.3) is 22.4 Å². The van der Waals surface area contributed by atoms with Crippen molar-refractivity contribution in [3.05, 3.63) is 91.8 Å². The normalized spacial score (nSPS) is 16.6. The number of ether oxygens (including phenoxy) is 2. The zero-order chi connectivity index (χ0) is 30.7. The smallest absolute Gasteiger partial charge is 0.279 e. The van der Waals surface area contributed by atoms with E-state index < -0.39 is 17.6 Å². The Labute approximate surface area is 258 Å². The second-order valence-corrected chi connectivity index (χ2v) is 10.9. The lowest BCUT2D eigenvalue weighted by Crippen LogP contribution is -2.46. The number of nitrogens with zero attached hydrogens (tertiary/aromatic N) is 3. The SMILES string of the molecule is COc1nc(-c2cccc(-c3cccc(NC(=O)c4ccnn(C)c4=O)c3Cl)c2Cl)cc(C)c1CNC1CCOC[C@@H]1O. The van der Waals surface area contributed by atoms with Crippen molar-refractivity contribution in [1.82, 2.24) is 20.1 Å². The molecule has 3 heterocycles. The number of carbonyl (C=O) groups excluding carboxylic acids is 1. The molecule has 224 valence electrons. The molecule has 1 saturated heterocycles. The van der Waals surface area contributed by atoms with Crippen molar-refractivity contribution in [2.45, 2.75) is 32.0 Å². The highest BCUT2D eigenvalue weighted by atomic mass is 35.5. The first-order valence-electron chi connectivity index (χ1n) is 13.6. The molecule has 1 aliphatic heterocycles. The first-order chi connectivity index (χ1) is 20.7. The molecule has 1 fully saturated rings. The van der Waals surface area contributed by atoms with Gasteiger partial charge in [-0.15, -0.1) is 0 Å². The summed E-state index contributed by atoms with van der Waals surface area (Å²) in [6.45, 7) is 3.35. The maximum Gasteiger partial charge on any atom is 0.279 e. The third kappa shape index (κ3) is 6.43. The average molecular weight is 625 g/mol. The molecular formula is C31H31Cl2N5O5. The molecule has 2 aromatic carbocycles. The van der Waals surface area contributed by atoms with E-state index in [0.717, 1.165) is 15.8 Å². The summed E-state index contributed by atoms with van der Waals surface area (Å²) < 4.78 is 12.1. The minimum Gasteiger partial charge on any atom is -0.481 e. The van der Waals surface area contributed by atoms with Crippen LogP contribution in [0.4, 0.5) is 5.69 Å². The highest BCUT2D eigenvalue weighted by Crippen LogP contribution is 2.41. The first-order valence-corrected chi connectivity index (χ1v) is 14.4. The van der Waals surface area contributed by atoms with Gasteiger partial charge in [0.1, 0.15) is 5.56 Å². The summed E-state index contributed by atoms with van der Waals surface area (Å²) in [5.74, 6) is -0.148. The van der Waals surface area contributed by atoms with E-state index in [0.29, 0.717) is 65.2 Å². The number of halogens is 2. The Balaban J connectivity index is 1.44. The second-order valence-electron chi connectivity index (χ2n) is 10.2. The predicted molar refractivity (Wildman–Crippen MR) is 166 cm³/mol. The van der Waals surface area contributed by atoms with Crippen molar-refractivity contribution in [1.29, 1.82) is 0 Å². The van der Waals surface area contributed by atoms with Crippen LogP contribution in [-0.4, -0.2) is 58.2 Å². The van der Waals surface area contributed by atoms with Gasteiger partial charge in [0.2, 0.25) is 5.88 Å². The van der Waals surface area contributed by atoms with Crippen molar-refractivity contribution in [2.24, 2.45) is 7.05 Å².